The van der Waals surface area contributed by atoms with Gasteiger partial charge >= 0.3 is 5.97 Å². The van der Waals surface area contributed by atoms with E-state index in [-0.39, 0.29) is 5.56 Å². The number of hydrogen-bond acceptors (Lipinski definition) is 2. The van der Waals surface area contributed by atoms with Crippen molar-refractivity contribution in [3.63, 3.8) is 0 Å². The maximum atomic E-state index is 13.0. The Morgan fingerprint density at radius 1 is 1.54 bits per heavy atom. The average Bonchev–Trinajstić information content (AvgIpc) is 2.04. The van der Waals surface area contributed by atoms with Gasteiger partial charge in [0.2, 0.25) is 0 Å². The molecule has 0 spiro atoms. The summed E-state index contributed by atoms with van der Waals surface area (Å²) in [5.41, 5.74) is -0.0330. The van der Waals surface area contributed by atoms with Crippen molar-refractivity contribution in [2.75, 3.05) is 7.11 Å². The fraction of sp³-hybridized carbons (Fsp3) is 0.222. The van der Waals surface area contributed by atoms with E-state index in [1.807, 2.05) is 0 Å². The summed E-state index contributed by atoms with van der Waals surface area (Å²) in [5, 5.41) is 8.67. The molecule has 4 heteroatoms. The highest BCUT2D eigenvalue weighted by atomic mass is 19.1. The van der Waals surface area contributed by atoms with Crippen molar-refractivity contribution in [2.24, 2.45) is 0 Å². The molecule has 0 aromatic heterocycles. The monoisotopic (exact) mass is 184 g/mol. The molecule has 3 nitrogen and oxygen atoms in total. The fourth-order valence-corrected chi connectivity index (χ4v) is 1.14. The van der Waals surface area contributed by atoms with E-state index in [1.54, 1.807) is 0 Å². The molecular weight excluding hydrogens is 175 g/mol. The van der Waals surface area contributed by atoms with E-state index in [0.717, 1.165) is 6.07 Å². The molecule has 1 aromatic carbocycles. The lowest BCUT2D eigenvalue weighted by atomic mass is 10.1. The second-order valence-corrected chi connectivity index (χ2v) is 2.55. The Balaban J connectivity index is 3.38. The predicted octanol–water partition coefficient (Wildman–Crippen LogP) is 1.84. The lowest BCUT2D eigenvalue weighted by molar-refractivity contribution is 0.0690. The van der Waals surface area contributed by atoms with Crippen molar-refractivity contribution in [3.8, 4) is 5.75 Å². The lowest BCUT2D eigenvalue weighted by Crippen LogP contribution is -2.05. The summed E-state index contributed by atoms with van der Waals surface area (Å²) in [6.45, 7) is 1.51. The Morgan fingerprint density at radius 3 is 2.62 bits per heavy atom. The van der Waals surface area contributed by atoms with Crippen LogP contribution in [0.25, 0.3) is 0 Å². The van der Waals surface area contributed by atoms with Gasteiger partial charge in [0.15, 0.2) is 0 Å². The van der Waals surface area contributed by atoms with Crippen molar-refractivity contribution >= 4 is 5.97 Å². The third-order valence-electron chi connectivity index (χ3n) is 1.80. The van der Waals surface area contributed by atoms with Crippen LogP contribution in [0.3, 0.4) is 0 Å². The van der Waals surface area contributed by atoms with E-state index in [0.29, 0.717) is 11.3 Å². The van der Waals surface area contributed by atoms with Gasteiger partial charge in [-0.3, -0.25) is 0 Å². The number of benzene rings is 1. The van der Waals surface area contributed by atoms with Crippen LogP contribution in [0, 0.1) is 12.7 Å². The number of ether oxygens (including phenoxy) is 1. The lowest BCUT2D eigenvalue weighted by Gasteiger charge is -2.07. The van der Waals surface area contributed by atoms with Gasteiger partial charge in [0.25, 0.3) is 0 Å². The number of carboxylic acids is 1. The van der Waals surface area contributed by atoms with E-state index in [9.17, 15) is 9.18 Å². The maximum absolute atomic E-state index is 13.0. The molecule has 0 radical (unpaired) electrons. The third-order valence-corrected chi connectivity index (χ3v) is 1.80. The number of aromatic carboxylic acids is 1. The minimum absolute atomic E-state index is 0.301. The first-order valence-corrected chi connectivity index (χ1v) is 3.64. The Labute approximate surface area is 74.8 Å². The Kier molecular flexibility index (Phi) is 2.51. The van der Waals surface area contributed by atoms with Gasteiger partial charge in [0.05, 0.1) is 7.11 Å². The van der Waals surface area contributed by atoms with Gasteiger partial charge < -0.3 is 9.84 Å². The molecule has 0 atom stereocenters. The normalized spacial score (nSPS) is 9.77. The molecule has 1 N–H and O–H groups in total. The van der Waals surface area contributed by atoms with E-state index in [4.69, 9.17) is 9.84 Å². The van der Waals surface area contributed by atoms with Gasteiger partial charge in [-0.15, -0.1) is 0 Å². The molecule has 0 heterocycles. The Hall–Kier alpha value is -1.58. The van der Waals surface area contributed by atoms with Crippen LogP contribution in [-0.4, -0.2) is 18.2 Å². The summed E-state index contributed by atoms with van der Waals surface area (Å²) in [6.07, 6.45) is 0. The molecule has 13 heavy (non-hydrogen) atoms. The molecule has 0 unspecified atom stereocenters. The molecular formula is C9H9FO3. The maximum Gasteiger partial charge on any atom is 0.339 e. The molecule has 0 amide bonds. The van der Waals surface area contributed by atoms with Crippen LogP contribution >= 0.6 is 0 Å². The summed E-state index contributed by atoms with van der Waals surface area (Å²) in [6, 6.07) is 2.48. The molecule has 70 valence electrons. The standard InChI is InChI=1S/C9H9FO3/c1-5-7(13-2)4-3-6(10)8(5)9(11)12/h3-4H,1-2H3,(H,11,12). The third kappa shape index (κ3) is 1.61. The summed E-state index contributed by atoms with van der Waals surface area (Å²) in [7, 11) is 1.41. The molecule has 0 aliphatic heterocycles. The second-order valence-electron chi connectivity index (χ2n) is 2.55. The van der Waals surface area contributed by atoms with Gasteiger partial charge in [-0.1, -0.05) is 0 Å². The molecule has 1 rings (SSSR count). The van der Waals surface area contributed by atoms with E-state index in [1.165, 1.54) is 20.1 Å². The number of halogens is 1. The van der Waals surface area contributed by atoms with Crippen LogP contribution in [0.4, 0.5) is 4.39 Å². The summed E-state index contributed by atoms with van der Waals surface area (Å²) in [4.78, 5) is 10.6. The SMILES string of the molecule is COc1ccc(F)c(C(=O)O)c1C. The minimum Gasteiger partial charge on any atom is -0.496 e. The average molecular weight is 184 g/mol. The van der Waals surface area contributed by atoms with Crippen LogP contribution in [-0.2, 0) is 0 Å². The quantitative estimate of drug-likeness (QED) is 0.762. The molecule has 0 saturated heterocycles. The van der Waals surface area contributed by atoms with Crippen LogP contribution in [0.1, 0.15) is 15.9 Å². The first-order chi connectivity index (χ1) is 6.07. The topological polar surface area (TPSA) is 46.5 Å². The number of carboxylic acid groups (broad SMARTS) is 1. The largest absolute Gasteiger partial charge is 0.496 e. The molecule has 0 aliphatic rings. The highest BCUT2D eigenvalue weighted by Crippen LogP contribution is 2.23. The predicted molar refractivity (Wildman–Crippen MR) is 44.6 cm³/mol. The van der Waals surface area contributed by atoms with Crippen LogP contribution in [0.5, 0.6) is 5.75 Å². The smallest absolute Gasteiger partial charge is 0.339 e. The number of methoxy groups -OCH3 is 1. The van der Waals surface area contributed by atoms with Crippen molar-refractivity contribution in [2.45, 2.75) is 6.92 Å². The molecule has 0 fully saturated rings. The van der Waals surface area contributed by atoms with Gasteiger partial charge in [-0.2, -0.15) is 0 Å². The number of carbonyl (C=O) groups is 1. The van der Waals surface area contributed by atoms with Gasteiger partial charge in [-0.05, 0) is 19.1 Å². The first kappa shape index (κ1) is 9.51. The zero-order valence-corrected chi connectivity index (χ0v) is 7.30. The van der Waals surface area contributed by atoms with E-state index >= 15 is 0 Å². The second kappa shape index (κ2) is 3.43. The Morgan fingerprint density at radius 2 is 2.15 bits per heavy atom. The van der Waals surface area contributed by atoms with Gasteiger partial charge in [0.1, 0.15) is 17.1 Å². The van der Waals surface area contributed by atoms with Crippen LogP contribution in [0.2, 0.25) is 0 Å². The number of rotatable bonds is 2. The minimum atomic E-state index is -1.28. The summed E-state index contributed by atoms with van der Waals surface area (Å²) in [5.74, 6) is -1.65. The zero-order chi connectivity index (χ0) is 10.0. The van der Waals surface area contributed by atoms with Crippen molar-refractivity contribution < 1.29 is 19.0 Å². The fourth-order valence-electron chi connectivity index (χ4n) is 1.14. The van der Waals surface area contributed by atoms with E-state index < -0.39 is 11.8 Å². The molecule has 0 saturated carbocycles. The molecule has 1 aromatic rings. The highest BCUT2D eigenvalue weighted by Gasteiger charge is 2.16. The van der Waals surface area contributed by atoms with Crippen molar-refractivity contribution in [1.29, 1.82) is 0 Å². The van der Waals surface area contributed by atoms with Gasteiger partial charge in [0, 0.05) is 5.56 Å². The van der Waals surface area contributed by atoms with Gasteiger partial charge in [-0.25, -0.2) is 9.18 Å². The highest BCUT2D eigenvalue weighted by molar-refractivity contribution is 5.90. The molecule has 0 aliphatic carbocycles. The first-order valence-electron chi connectivity index (χ1n) is 3.64. The van der Waals surface area contributed by atoms with Crippen molar-refractivity contribution in [3.05, 3.63) is 29.1 Å². The Bertz CT molecular complexity index is 347. The molecule has 0 bridgehead atoms. The zero-order valence-electron chi connectivity index (χ0n) is 7.30. The van der Waals surface area contributed by atoms with E-state index in [2.05, 4.69) is 0 Å². The summed E-state index contributed by atoms with van der Waals surface area (Å²) < 4.78 is 17.8. The summed E-state index contributed by atoms with van der Waals surface area (Å²) >= 11 is 0. The van der Waals surface area contributed by atoms with Crippen molar-refractivity contribution in [1.82, 2.24) is 0 Å². The van der Waals surface area contributed by atoms with Crippen LogP contribution < -0.4 is 4.74 Å². The van der Waals surface area contributed by atoms with Crippen LogP contribution in [0.15, 0.2) is 12.1 Å². The number of hydrogen-bond donors (Lipinski definition) is 1.